The lowest BCUT2D eigenvalue weighted by atomic mass is 10.2. The number of rotatable bonds is 5. The van der Waals surface area contributed by atoms with Gasteiger partial charge in [0.25, 0.3) is 0 Å². The quantitative estimate of drug-likeness (QED) is 0.886. The third kappa shape index (κ3) is 4.09. The Morgan fingerprint density at radius 2 is 2.33 bits per heavy atom. The van der Waals surface area contributed by atoms with Crippen LogP contribution in [-0.4, -0.2) is 21.9 Å². The number of anilines is 1. The molecule has 0 bridgehead atoms. The summed E-state index contributed by atoms with van der Waals surface area (Å²) in [5, 5.41) is 9.86. The van der Waals surface area contributed by atoms with Gasteiger partial charge in [0, 0.05) is 16.8 Å². The smallest absolute Gasteiger partial charge is 0.235 e. The Balaban J connectivity index is 1.73. The third-order valence-corrected chi connectivity index (χ3v) is 3.40. The largest absolute Gasteiger partial charge is 0.310 e. The van der Waals surface area contributed by atoms with Crippen LogP contribution in [0.2, 0.25) is 5.02 Å². The van der Waals surface area contributed by atoms with Gasteiger partial charge in [-0.25, -0.2) is 0 Å². The molecule has 0 aliphatic carbocycles. The molecule has 1 aromatic heterocycles. The Labute approximate surface area is 114 Å². The van der Waals surface area contributed by atoms with E-state index in [0.717, 1.165) is 16.3 Å². The zero-order valence-electron chi connectivity index (χ0n) is 9.52. The number of halogens is 1. The van der Waals surface area contributed by atoms with Crippen molar-refractivity contribution in [3.05, 3.63) is 47.1 Å². The van der Waals surface area contributed by atoms with Crippen LogP contribution in [0.1, 0.15) is 5.56 Å². The molecule has 0 fully saturated rings. The van der Waals surface area contributed by atoms with Gasteiger partial charge in [-0.3, -0.25) is 9.89 Å². The number of thioether (sulfide) groups is 1. The highest BCUT2D eigenvalue weighted by Gasteiger charge is 2.03. The number of aromatic amines is 1. The summed E-state index contributed by atoms with van der Waals surface area (Å²) in [5.41, 5.74) is 1.11. The maximum atomic E-state index is 11.6. The van der Waals surface area contributed by atoms with Crippen LogP contribution in [0.4, 0.5) is 5.82 Å². The standard InChI is InChI=1S/C12H12ClN3OS/c13-10-3-1-2-9(6-10)7-18-8-12(17)15-11-4-5-14-16-11/h1-6H,7-8H2,(H2,14,15,16,17). The van der Waals surface area contributed by atoms with E-state index in [2.05, 4.69) is 15.5 Å². The Bertz CT molecular complexity index is 516. The zero-order valence-corrected chi connectivity index (χ0v) is 11.1. The average Bonchev–Trinajstić information content (AvgIpc) is 2.82. The van der Waals surface area contributed by atoms with Crippen LogP contribution < -0.4 is 5.32 Å². The van der Waals surface area contributed by atoms with Crippen LogP contribution in [0, 0.1) is 0 Å². The van der Waals surface area contributed by atoms with Gasteiger partial charge in [0.2, 0.25) is 5.91 Å². The number of nitrogens with one attached hydrogen (secondary N) is 2. The molecular weight excluding hydrogens is 270 g/mol. The molecule has 94 valence electrons. The summed E-state index contributed by atoms with van der Waals surface area (Å²) in [7, 11) is 0. The maximum absolute atomic E-state index is 11.6. The first kappa shape index (κ1) is 13.0. The van der Waals surface area contributed by atoms with E-state index in [1.54, 1.807) is 24.0 Å². The highest BCUT2D eigenvalue weighted by Crippen LogP contribution is 2.16. The second-order valence-corrected chi connectivity index (χ2v) is 5.06. The van der Waals surface area contributed by atoms with Crippen LogP contribution in [0.5, 0.6) is 0 Å². The van der Waals surface area contributed by atoms with Crippen molar-refractivity contribution < 1.29 is 4.79 Å². The van der Waals surface area contributed by atoms with Crippen molar-refractivity contribution in [3.63, 3.8) is 0 Å². The third-order valence-electron chi connectivity index (χ3n) is 2.17. The zero-order chi connectivity index (χ0) is 12.8. The lowest BCUT2D eigenvalue weighted by Gasteiger charge is -2.03. The van der Waals surface area contributed by atoms with Crippen LogP contribution in [-0.2, 0) is 10.5 Å². The van der Waals surface area contributed by atoms with E-state index in [1.807, 2.05) is 24.3 Å². The number of benzene rings is 1. The second kappa shape index (κ2) is 6.47. The first-order valence-corrected chi connectivity index (χ1v) is 6.89. The average molecular weight is 282 g/mol. The number of nitrogens with zero attached hydrogens (tertiary/aromatic N) is 1. The van der Waals surface area contributed by atoms with Crippen molar-refractivity contribution in [2.75, 3.05) is 11.1 Å². The van der Waals surface area contributed by atoms with Crippen molar-refractivity contribution in [3.8, 4) is 0 Å². The van der Waals surface area contributed by atoms with Crippen molar-refractivity contribution in [1.29, 1.82) is 0 Å². The van der Waals surface area contributed by atoms with E-state index in [4.69, 9.17) is 11.6 Å². The van der Waals surface area contributed by atoms with E-state index >= 15 is 0 Å². The lowest BCUT2D eigenvalue weighted by molar-refractivity contribution is -0.113. The first-order valence-electron chi connectivity index (χ1n) is 5.35. The molecule has 0 radical (unpaired) electrons. The lowest BCUT2D eigenvalue weighted by Crippen LogP contribution is -2.14. The van der Waals surface area contributed by atoms with Crippen LogP contribution in [0.3, 0.4) is 0 Å². The number of hydrogen-bond donors (Lipinski definition) is 2. The Morgan fingerprint density at radius 1 is 1.44 bits per heavy atom. The molecule has 0 unspecified atom stereocenters. The fraction of sp³-hybridized carbons (Fsp3) is 0.167. The van der Waals surface area contributed by atoms with Crippen molar-refractivity contribution >= 4 is 35.1 Å². The summed E-state index contributed by atoms with van der Waals surface area (Å²) in [4.78, 5) is 11.6. The van der Waals surface area contributed by atoms with E-state index in [-0.39, 0.29) is 5.91 Å². The van der Waals surface area contributed by atoms with Crippen molar-refractivity contribution in [1.82, 2.24) is 10.2 Å². The van der Waals surface area contributed by atoms with Crippen LogP contribution in [0.25, 0.3) is 0 Å². The second-order valence-electron chi connectivity index (χ2n) is 3.64. The molecule has 2 N–H and O–H groups in total. The van der Waals surface area contributed by atoms with Crippen LogP contribution >= 0.6 is 23.4 Å². The van der Waals surface area contributed by atoms with Gasteiger partial charge in [-0.15, -0.1) is 11.8 Å². The summed E-state index contributed by atoms with van der Waals surface area (Å²) in [6, 6.07) is 9.34. The Morgan fingerprint density at radius 3 is 3.06 bits per heavy atom. The van der Waals surface area contributed by atoms with E-state index < -0.39 is 0 Å². The van der Waals surface area contributed by atoms with Gasteiger partial charge in [0.1, 0.15) is 5.82 Å². The van der Waals surface area contributed by atoms with E-state index in [0.29, 0.717) is 11.6 Å². The first-order chi connectivity index (χ1) is 8.74. The molecule has 0 aliphatic rings. The Hall–Kier alpha value is -1.46. The van der Waals surface area contributed by atoms with Gasteiger partial charge in [0.05, 0.1) is 11.9 Å². The van der Waals surface area contributed by atoms with Gasteiger partial charge in [-0.05, 0) is 17.7 Å². The molecule has 0 aliphatic heterocycles. The molecule has 1 aromatic carbocycles. The number of aromatic nitrogens is 2. The minimum atomic E-state index is -0.0497. The minimum absolute atomic E-state index is 0.0497. The number of carbonyl (C=O) groups excluding carboxylic acids is 1. The maximum Gasteiger partial charge on any atom is 0.235 e. The van der Waals surface area contributed by atoms with Crippen LogP contribution in [0.15, 0.2) is 36.5 Å². The van der Waals surface area contributed by atoms with Gasteiger partial charge < -0.3 is 5.32 Å². The molecule has 0 saturated heterocycles. The summed E-state index contributed by atoms with van der Waals surface area (Å²) in [6.45, 7) is 0. The summed E-state index contributed by atoms with van der Waals surface area (Å²) >= 11 is 7.42. The predicted molar refractivity (Wildman–Crippen MR) is 74.8 cm³/mol. The fourth-order valence-electron chi connectivity index (χ4n) is 1.40. The molecular formula is C12H12ClN3OS. The van der Waals surface area contributed by atoms with Gasteiger partial charge in [0.15, 0.2) is 0 Å². The fourth-order valence-corrected chi connectivity index (χ4v) is 2.39. The number of hydrogen-bond acceptors (Lipinski definition) is 3. The highest BCUT2D eigenvalue weighted by molar-refractivity contribution is 7.99. The molecule has 1 heterocycles. The van der Waals surface area contributed by atoms with Crippen molar-refractivity contribution in [2.24, 2.45) is 0 Å². The summed E-state index contributed by atoms with van der Waals surface area (Å²) in [5.74, 6) is 1.72. The highest BCUT2D eigenvalue weighted by atomic mass is 35.5. The number of carbonyl (C=O) groups is 1. The Kier molecular flexibility index (Phi) is 4.66. The normalized spacial score (nSPS) is 10.3. The molecule has 4 nitrogen and oxygen atoms in total. The molecule has 18 heavy (non-hydrogen) atoms. The van der Waals surface area contributed by atoms with E-state index in [1.165, 1.54) is 0 Å². The number of H-pyrrole nitrogens is 1. The molecule has 1 amide bonds. The summed E-state index contributed by atoms with van der Waals surface area (Å²) in [6.07, 6.45) is 1.59. The van der Waals surface area contributed by atoms with Gasteiger partial charge >= 0.3 is 0 Å². The number of amides is 1. The van der Waals surface area contributed by atoms with E-state index in [9.17, 15) is 4.79 Å². The van der Waals surface area contributed by atoms with Gasteiger partial charge in [-0.1, -0.05) is 23.7 Å². The summed E-state index contributed by atoms with van der Waals surface area (Å²) < 4.78 is 0. The molecule has 6 heteroatoms. The molecule has 2 rings (SSSR count). The molecule has 0 saturated carbocycles. The van der Waals surface area contributed by atoms with Gasteiger partial charge in [-0.2, -0.15) is 5.10 Å². The molecule has 0 atom stereocenters. The van der Waals surface area contributed by atoms with Crippen molar-refractivity contribution in [2.45, 2.75) is 5.75 Å². The molecule has 2 aromatic rings. The SMILES string of the molecule is O=C(CSCc1cccc(Cl)c1)Nc1ccn[nH]1. The minimum Gasteiger partial charge on any atom is -0.310 e. The monoisotopic (exact) mass is 281 g/mol. The topological polar surface area (TPSA) is 57.8 Å². The predicted octanol–water partition coefficient (Wildman–Crippen LogP) is 2.94. The molecule has 0 spiro atoms.